The van der Waals surface area contributed by atoms with E-state index in [1.807, 2.05) is 18.4 Å². The number of anilines is 1. The van der Waals surface area contributed by atoms with Crippen LogP contribution in [0.25, 0.3) is 0 Å². The average Bonchev–Trinajstić information content (AvgIpc) is 3.15. The first-order valence-electron chi connectivity index (χ1n) is 8.24. The number of piperidine rings is 1. The highest BCUT2D eigenvalue weighted by molar-refractivity contribution is 9.10. The minimum Gasteiger partial charge on any atom is -0.363 e. The van der Waals surface area contributed by atoms with E-state index < -0.39 is 0 Å². The highest BCUT2D eigenvalue weighted by Gasteiger charge is 2.20. The Morgan fingerprint density at radius 1 is 1.25 bits per heavy atom. The summed E-state index contributed by atoms with van der Waals surface area (Å²) in [5, 5.41) is 10.5. The van der Waals surface area contributed by atoms with Crippen molar-refractivity contribution < 1.29 is 0 Å². The number of nitrogens with one attached hydrogen (secondary N) is 2. The zero-order chi connectivity index (χ0) is 16.8. The Bertz CT molecular complexity index is 646. The Kier molecular flexibility index (Phi) is 6.15. The predicted octanol–water partition coefficient (Wildman–Crippen LogP) is 3.84. The van der Waals surface area contributed by atoms with Gasteiger partial charge in [0, 0.05) is 37.2 Å². The normalized spacial score (nSPS) is 16.2. The second-order valence-electron chi connectivity index (χ2n) is 5.91. The van der Waals surface area contributed by atoms with Crippen molar-refractivity contribution in [3.63, 3.8) is 0 Å². The van der Waals surface area contributed by atoms with Gasteiger partial charge in [-0.25, -0.2) is 0 Å². The van der Waals surface area contributed by atoms with Gasteiger partial charge in [-0.05, 0) is 48.1 Å². The molecule has 2 aromatic rings. The molecule has 0 amide bonds. The molecule has 1 aliphatic rings. The molecular formula is C18H23BrN4S. The van der Waals surface area contributed by atoms with Gasteiger partial charge in [0.1, 0.15) is 0 Å². The molecule has 1 aromatic carbocycles. The molecule has 128 valence electrons. The zero-order valence-electron chi connectivity index (χ0n) is 13.8. The molecule has 0 atom stereocenters. The largest absolute Gasteiger partial charge is 0.363 e. The van der Waals surface area contributed by atoms with Crippen LogP contribution in [0.1, 0.15) is 18.4 Å². The number of hydrogen-bond acceptors (Lipinski definition) is 3. The molecule has 2 N–H and O–H groups in total. The van der Waals surface area contributed by atoms with Crippen LogP contribution in [0.4, 0.5) is 5.00 Å². The minimum absolute atomic E-state index is 0.484. The van der Waals surface area contributed by atoms with Crippen LogP contribution in [0.3, 0.4) is 0 Å². The van der Waals surface area contributed by atoms with Crippen LogP contribution in [0, 0.1) is 0 Å². The summed E-state index contributed by atoms with van der Waals surface area (Å²) in [6.45, 7) is 2.98. The zero-order valence-corrected chi connectivity index (χ0v) is 16.2. The van der Waals surface area contributed by atoms with Crippen molar-refractivity contribution in [3.8, 4) is 0 Å². The van der Waals surface area contributed by atoms with Crippen LogP contribution >= 0.6 is 27.3 Å². The van der Waals surface area contributed by atoms with Gasteiger partial charge >= 0.3 is 0 Å². The van der Waals surface area contributed by atoms with E-state index in [1.54, 1.807) is 0 Å². The summed E-state index contributed by atoms with van der Waals surface area (Å²) >= 11 is 5.29. The van der Waals surface area contributed by atoms with Crippen molar-refractivity contribution in [2.45, 2.75) is 25.4 Å². The van der Waals surface area contributed by atoms with Gasteiger partial charge in [0.25, 0.3) is 0 Å². The van der Waals surface area contributed by atoms with Gasteiger partial charge in [0.05, 0.1) is 5.00 Å². The third kappa shape index (κ3) is 4.74. The van der Waals surface area contributed by atoms with Gasteiger partial charge in [0.2, 0.25) is 0 Å². The fourth-order valence-electron chi connectivity index (χ4n) is 2.87. The van der Waals surface area contributed by atoms with E-state index in [1.165, 1.54) is 10.6 Å². The second kappa shape index (κ2) is 8.53. The number of nitrogens with zero attached hydrogens (tertiary/aromatic N) is 2. The number of aliphatic imine (C=N–C) groups is 1. The summed E-state index contributed by atoms with van der Waals surface area (Å²) in [6.07, 6.45) is 2.27. The summed E-state index contributed by atoms with van der Waals surface area (Å²) < 4.78 is 1.10. The van der Waals surface area contributed by atoms with E-state index in [9.17, 15) is 0 Å². The molecule has 2 heterocycles. The molecule has 0 bridgehead atoms. The Hall–Kier alpha value is -1.53. The van der Waals surface area contributed by atoms with Gasteiger partial charge in [-0.3, -0.25) is 4.99 Å². The lowest BCUT2D eigenvalue weighted by molar-refractivity contribution is 0.463. The number of guanidine groups is 1. The topological polar surface area (TPSA) is 39.7 Å². The molecule has 1 aromatic heterocycles. The minimum atomic E-state index is 0.484. The number of benzene rings is 1. The lowest BCUT2D eigenvalue weighted by Crippen LogP contribution is -2.48. The summed E-state index contributed by atoms with van der Waals surface area (Å²) in [4.78, 5) is 6.83. The first-order valence-corrected chi connectivity index (χ1v) is 9.92. The molecule has 1 saturated heterocycles. The highest BCUT2D eigenvalue weighted by atomic mass is 79.9. The van der Waals surface area contributed by atoms with E-state index in [2.05, 4.69) is 78.2 Å². The molecule has 0 aliphatic carbocycles. The van der Waals surface area contributed by atoms with E-state index in [4.69, 9.17) is 0 Å². The third-order valence-corrected chi connectivity index (χ3v) is 5.71. The molecule has 1 aliphatic heterocycles. The molecular weight excluding hydrogens is 384 g/mol. The third-order valence-electron chi connectivity index (χ3n) is 4.25. The standard InChI is InChI=1S/C18H23BrN4S/c1-20-18(21-13-14-4-6-15(19)7-5-14)22-16-8-10-23(11-9-16)17-3-2-12-24-17/h2-7,12,16H,8-11,13H2,1H3,(H2,20,21,22). The van der Waals surface area contributed by atoms with Crippen LogP contribution in [0.15, 0.2) is 51.2 Å². The average molecular weight is 407 g/mol. The monoisotopic (exact) mass is 406 g/mol. The first kappa shape index (κ1) is 17.3. The van der Waals surface area contributed by atoms with Crippen molar-refractivity contribution in [1.82, 2.24) is 10.6 Å². The smallest absolute Gasteiger partial charge is 0.191 e. The van der Waals surface area contributed by atoms with Crippen molar-refractivity contribution >= 4 is 38.2 Å². The number of thiophene rings is 1. The Labute approximate surface area is 156 Å². The molecule has 24 heavy (non-hydrogen) atoms. The van der Waals surface area contributed by atoms with Crippen LogP contribution in [-0.2, 0) is 6.54 Å². The predicted molar refractivity (Wildman–Crippen MR) is 107 cm³/mol. The van der Waals surface area contributed by atoms with Crippen LogP contribution in [0.2, 0.25) is 0 Å². The van der Waals surface area contributed by atoms with Crippen molar-refractivity contribution in [2.24, 2.45) is 4.99 Å². The maximum absolute atomic E-state index is 4.36. The summed E-state index contributed by atoms with van der Waals surface area (Å²) in [5.74, 6) is 0.882. The molecule has 6 heteroatoms. The molecule has 3 rings (SSSR count). The van der Waals surface area contributed by atoms with Crippen molar-refractivity contribution in [2.75, 3.05) is 25.0 Å². The van der Waals surface area contributed by atoms with Gasteiger partial charge < -0.3 is 15.5 Å². The maximum Gasteiger partial charge on any atom is 0.191 e. The lowest BCUT2D eigenvalue weighted by Gasteiger charge is -2.33. The fourth-order valence-corrected chi connectivity index (χ4v) is 3.92. The van der Waals surface area contributed by atoms with Gasteiger partial charge in [0.15, 0.2) is 5.96 Å². The van der Waals surface area contributed by atoms with Crippen LogP contribution in [0.5, 0.6) is 0 Å². The Morgan fingerprint density at radius 2 is 2.00 bits per heavy atom. The first-order chi connectivity index (χ1) is 11.7. The number of hydrogen-bond donors (Lipinski definition) is 2. The molecule has 0 saturated carbocycles. The highest BCUT2D eigenvalue weighted by Crippen LogP contribution is 2.24. The summed E-state index contributed by atoms with van der Waals surface area (Å²) in [7, 11) is 1.83. The van der Waals surface area contributed by atoms with Crippen LogP contribution < -0.4 is 15.5 Å². The fraction of sp³-hybridized carbons (Fsp3) is 0.389. The van der Waals surface area contributed by atoms with Gasteiger partial charge in [-0.15, -0.1) is 11.3 Å². The molecule has 0 radical (unpaired) electrons. The van der Waals surface area contributed by atoms with E-state index in [0.29, 0.717) is 6.04 Å². The van der Waals surface area contributed by atoms with Crippen LogP contribution in [-0.4, -0.2) is 32.1 Å². The van der Waals surface area contributed by atoms with E-state index >= 15 is 0 Å². The summed E-state index contributed by atoms with van der Waals surface area (Å²) in [6, 6.07) is 13.2. The molecule has 0 unspecified atom stereocenters. The SMILES string of the molecule is CN=C(NCc1ccc(Br)cc1)NC1CCN(c2cccs2)CC1. The molecule has 4 nitrogen and oxygen atoms in total. The second-order valence-corrected chi connectivity index (χ2v) is 7.75. The quantitative estimate of drug-likeness (QED) is 0.598. The molecule has 0 spiro atoms. The van der Waals surface area contributed by atoms with Gasteiger partial charge in [-0.1, -0.05) is 28.1 Å². The van der Waals surface area contributed by atoms with E-state index in [0.717, 1.165) is 42.9 Å². The number of rotatable bonds is 4. The molecule has 1 fully saturated rings. The van der Waals surface area contributed by atoms with E-state index in [-0.39, 0.29) is 0 Å². The number of halogens is 1. The lowest BCUT2D eigenvalue weighted by atomic mass is 10.1. The Balaban J connectivity index is 1.45. The van der Waals surface area contributed by atoms with Gasteiger partial charge in [-0.2, -0.15) is 0 Å². The van der Waals surface area contributed by atoms with Crippen molar-refractivity contribution in [3.05, 3.63) is 51.8 Å². The Morgan fingerprint density at radius 3 is 2.62 bits per heavy atom. The maximum atomic E-state index is 4.36. The summed E-state index contributed by atoms with van der Waals surface area (Å²) in [5.41, 5.74) is 1.24. The van der Waals surface area contributed by atoms with Crippen molar-refractivity contribution in [1.29, 1.82) is 0 Å².